The van der Waals surface area contributed by atoms with Gasteiger partial charge in [0.25, 0.3) is 0 Å². The van der Waals surface area contributed by atoms with Gasteiger partial charge in [-0.2, -0.15) is 11.8 Å². The van der Waals surface area contributed by atoms with Crippen LogP contribution in [-0.4, -0.2) is 47.7 Å². The van der Waals surface area contributed by atoms with E-state index >= 15 is 0 Å². The second-order valence-electron chi connectivity index (χ2n) is 5.96. The standard InChI is InChI=1S/C15H20N2O3S/c1-16-13(18)10(5-6-21-2)17-14(19)11-8-3-4-9(7-8)12(11)15(17)20/h3-4,8-12H,5-7H2,1-2H3,(H,16,18). The molecule has 1 heterocycles. The van der Waals surface area contributed by atoms with Crippen molar-refractivity contribution in [3.05, 3.63) is 12.2 Å². The summed E-state index contributed by atoms with van der Waals surface area (Å²) in [5.74, 6) is 0.136. The minimum atomic E-state index is -0.660. The van der Waals surface area contributed by atoms with Crippen LogP contribution in [0.1, 0.15) is 12.8 Å². The van der Waals surface area contributed by atoms with Crippen molar-refractivity contribution in [1.82, 2.24) is 10.2 Å². The molecule has 1 saturated heterocycles. The second-order valence-corrected chi connectivity index (χ2v) is 6.94. The summed E-state index contributed by atoms with van der Waals surface area (Å²) in [6.07, 6.45) is 7.51. The third-order valence-corrected chi connectivity index (χ3v) is 5.60. The predicted octanol–water partition coefficient (Wildman–Crippen LogP) is 0.661. The lowest BCUT2D eigenvalue weighted by Gasteiger charge is -2.26. The summed E-state index contributed by atoms with van der Waals surface area (Å²) >= 11 is 1.61. The van der Waals surface area contributed by atoms with Crippen molar-refractivity contribution in [1.29, 1.82) is 0 Å². The van der Waals surface area contributed by atoms with Gasteiger partial charge >= 0.3 is 0 Å². The van der Waals surface area contributed by atoms with Crippen LogP contribution in [0.15, 0.2) is 12.2 Å². The lowest BCUT2D eigenvalue weighted by atomic mass is 9.85. The highest BCUT2D eigenvalue weighted by atomic mass is 32.2. The zero-order valence-electron chi connectivity index (χ0n) is 12.2. The van der Waals surface area contributed by atoms with Gasteiger partial charge in [0.05, 0.1) is 11.8 Å². The number of carbonyl (C=O) groups is 3. The molecule has 0 spiro atoms. The number of rotatable bonds is 5. The van der Waals surface area contributed by atoms with Crippen LogP contribution >= 0.6 is 11.8 Å². The van der Waals surface area contributed by atoms with Crippen LogP contribution in [0.5, 0.6) is 0 Å². The van der Waals surface area contributed by atoms with Crippen LogP contribution in [0.3, 0.4) is 0 Å². The minimum Gasteiger partial charge on any atom is -0.357 e. The van der Waals surface area contributed by atoms with Crippen molar-refractivity contribution in [2.24, 2.45) is 23.7 Å². The summed E-state index contributed by atoms with van der Waals surface area (Å²) in [5, 5.41) is 2.59. The molecule has 0 aromatic rings. The number of likely N-dealkylation sites (N-methyl/N-ethyl adjacent to an activating group) is 1. The Morgan fingerprint density at radius 3 is 2.38 bits per heavy atom. The van der Waals surface area contributed by atoms with E-state index < -0.39 is 6.04 Å². The first-order valence-electron chi connectivity index (χ1n) is 7.36. The maximum absolute atomic E-state index is 12.7. The van der Waals surface area contributed by atoms with Gasteiger partial charge in [-0.25, -0.2) is 0 Å². The highest BCUT2D eigenvalue weighted by Crippen LogP contribution is 2.52. The first kappa shape index (κ1) is 14.6. The largest absolute Gasteiger partial charge is 0.357 e. The average Bonchev–Trinajstić information content (AvgIpc) is 3.15. The molecule has 3 rings (SSSR count). The molecular weight excluding hydrogens is 288 g/mol. The SMILES string of the molecule is CNC(=O)C(CCSC)N1C(=O)C2C3C=CC(C3)C2C1=O. The summed E-state index contributed by atoms with van der Waals surface area (Å²) in [7, 11) is 1.55. The number of fused-ring (bicyclic) bond motifs is 5. The molecule has 5 nitrogen and oxygen atoms in total. The monoisotopic (exact) mass is 308 g/mol. The van der Waals surface area contributed by atoms with Crippen molar-refractivity contribution in [3.8, 4) is 0 Å². The van der Waals surface area contributed by atoms with Crippen molar-refractivity contribution >= 4 is 29.5 Å². The van der Waals surface area contributed by atoms with Crippen molar-refractivity contribution in [3.63, 3.8) is 0 Å². The maximum Gasteiger partial charge on any atom is 0.243 e. The zero-order chi connectivity index (χ0) is 15.1. The highest BCUT2D eigenvalue weighted by Gasteiger charge is 2.60. The molecule has 1 saturated carbocycles. The molecule has 2 bridgehead atoms. The molecule has 5 unspecified atom stereocenters. The molecule has 1 N–H and O–H groups in total. The quantitative estimate of drug-likeness (QED) is 0.598. The van der Waals surface area contributed by atoms with Gasteiger partial charge in [0, 0.05) is 7.05 Å². The number of likely N-dealkylation sites (tertiary alicyclic amines) is 1. The number of nitrogens with one attached hydrogen (secondary N) is 1. The lowest BCUT2D eigenvalue weighted by Crippen LogP contribution is -2.50. The van der Waals surface area contributed by atoms with E-state index in [9.17, 15) is 14.4 Å². The molecule has 0 aromatic heterocycles. The van der Waals surface area contributed by atoms with Gasteiger partial charge in [0.1, 0.15) is 6.04 Å². The predicted molar refractivity (Wildman–Crippen MR) is 80.4 cm³/mol. The van der Waals surface area contributed by atoms with E-state index in [0.29, 0.717) is 6.42 Å². The van der Waals surface area contributed by atoms with Gasteiger partial charge < -0.3 is 5.32 Å². The third-order valence-electron chi connectivity index (χ3n) is 4.96. The van der Waals surface area contributed by atoms with Gasteiger partial charge in [-0.1, -0.05) is 12.2 Å². The number of hydrogen-bond acceptors (Lipinski definition) is 4. The average molecular weight is 308 g/mol. The Morgan fingerprint density at radius 1 is 1.33 bits per heavy atom. The number of allylic oxidation sites excluding steroid dienone is 2. The molecule has 6 heteroatoms. The molecule has 2 aliphatic carbocycles. The molecule has 5 atom stereocenters. The van der Waals surface area contributed by atoms with Crippen molar-refractivity contribution in [2.75, 3.05) is 19.1 Å². The van der Waals surface area contributed by atoms with E-state index in [1.165, 1.54) is 4.90 Å². The van der Waals surface area contributed by atoms with Crippen LogP contribution in [0.4, 0.5) is 0 Å². The first-order chi connectivity index (χ1) is 10.1. The van der Waals surface area contributed by atoms with Gasteiger partial charge in [-0.05, 0) is 36.7 Å². The van der Waals surface area contributed by atoms with Crippen LogP contribution in [0.25, 0.3) is 0 Å². The maximum atomic E-state index is 12.7. The third kappa shape index (κ3) is 2.11. The molecule has 0 radical (unpaired) electrons. The van der Waals surface area contributed by atoms with Gasteiger partial charge in [-0.15, -0.1) is 0 Å². The van der Waals surface area contributed by atoms with Crippen LogP contribution < -0.4 is 5.32 Å². The number of thioether (sulfide) groups is 1. The lowest BCUT2D eigenvalue weighted by molar-refractivity contribution is -0.148. The number of imide groups is 1. The molecule has 0 aromatic carbocycles. The molecule has 3 amide bonds. The van der Waals surface area contributed by atoms with Crippen molar-refractivity contribution < 1.29 is 14.4 Å². The number of amides is 3. The summed E-state index contributed by atoms with van der Waals surface area (Å²) in [4.78, 5) is 38.8. The first-order valence-corrected chi connectivity index (χ1v) is 8.75. The van der Waals surface area contributed by atoms with E-state index in [4.69, 9.17) is 0 Å². The Bertz CT molecular complexity index is 489. The Hall–Kier alpha value is -1.30. The fraction of sp³-hybridized carbons (Fsp3) is 0.667. The summed E-state index contributed by atoms with van der Waals surface area (Å²) < 4.78 is 0. The van der Waals surface area contributed by atoms with Crippen LogP contribution in [0.2, 0.25) is 0 Å². The zero-order valence-corrected chi connectivity index (χ0v) is 13.1. The number of carbonyl (C=O) groups excluding carboxylic acids is 3. The van der Waals surface area contributed by atoms with E-state index in [-0.39, 0.29) is 41.4 Å². The topological polar surface area (TPSA) is 66.5 Å². The van der Waals surface area contributed by atoms with E-state index in [2.05, 4.69) is 17.5 Å². The van der Waals surface area contributed by atoms with Crippen molar-refractivity contribution in [2.45, 2.75) is 18.9 Å². The van der Waals surface area contributed by atoms with Crippen LogP contribution in [-0.2, 0) is 14.4 Å². The van der Waals surface area contributed by atoms with E-state index in [1.54, 1.807) is 18.8 Å². The Balaban J connectivity index is 1.86. The van der Waals surface area contributed by atoms with E-state index in [1.807, 2.05) is 6.26 Å². The number of hydrogen-bond donors (Lipinski definition) is 1. The van der Waals surface area contributed by atoms with Gasteiger partial charge in [0.15, 0.2) is 0 Å². The Morgan fingerprint density at radius 2 is 1.90 bits per heavy atom. The normalized spacial score (nSPS) is 34.5. The molecular formula is C15H20N2O3S. The molecule has 3 aliphatic rings. The fourth-order valence-corrected chi connectivity index (χ4v) is 4.47. The summed E-state index contributed by atoms with van der Waals surface area (Å²) in [6, 6.07) is -0.660. The molecule has 21 heavy (non-hydrogen) atoms. The molecule has 2 fully saturated rings. The molecule has 114 valence electrons. The summed E-state index contributed by atoms with van der Waals surface area (Å²) in [6.45, 7) is 0. The minimum absolute atomic E-state index is 0.142. The Kier molecular flexibility index (Phi) is 3.82. The highest BCUT2D eigenvalue weighted by molar-refractivity contribution is 7.98. The Labute approximate surface area is 128 Å². The van der Waals surface area contributed by atoms with Gasteiger partial charge in [-0.3, -0.25) is 19.3 Å². The van der Waals surface area contributed by atoms with Gasteiger partial charge in [0.2, 0.25) is 17.7 Å². The fourth-order valence-electron chi connectivity index (χ4n) is 4.01. The van der Waals surface area contributed by atoms with E-state index in [0.717, 1.165) is 12.2 Å². The molecule has 1 aliphatic heterocycles. The summed E-state index contributed by atoms with van der Waals surface area (Å²) in [5.41, 5.74) is 0. The van der Waals surface area contributed by atoms with Crippen LogP contribution in [0, 0.1) is 23.7 Å². The number of nitrogens with zero attached hydrogens (tertiary/aromatic N) is 1. The second kappa shape index (κ2) is 5.48. The smallest absolute Gasteiger partial charge is 0.243 e.